The van der Waals surface area contributed by atoms with Crippen LogP contribution in [0.4, 0.5) is 0 Å². The normalized spacial score (nSPS) is 11.5. The summed E-state index contributed by atoms with van der Waals surface area (Å²) in [6.07, 6.45) is 1.15. The van der Waals surface area contributed by atoms with Gasteiger partial charge in [-0.1, -0.05) is 20.4 Å². The minimum absolute atomic E-state index is 0.129. The van der Waals surface area contributed by atoms with Crippen molar-refractivity contribution in [1.82, 2.24) is 0 Å². The van der Waals surface area contributed by atoms with Crippen LogP contribution >= 0.6 is 0 Å². The topological polar surface area (TPSA) is 38.7 Å². The third-order valence-corrected chi connectivity index (χ3v) is 1.10. The number of methoxy groups -OCH3 is 1. The first-order valence-electron chi connectivity index (χ1n) is 3.40. The summed E-state index contributed by atoms with van der Waals surface area (Å²) in [6, 6.07) is 0. The second kappa shape index (κ2) is 4.66. The molecule has 1 amide bonds. The molecule has 0 saturated heterocycles. The van der Waals surface area contributed by atoms with Crippen molar-refractivity contribution >= 4 is 11.8 Å². The van der Waals surface area contributed by atoms with E-state index in [-0.39, 0.29) is 11.8 Å². The predicted octanol–water partition coefficient (Wildman–Crippen LogP) is 1.40. The van der Waals surface area contributed by atoms with Crippen molar-refractivity contribution in [2.75, 3.05) is 7.11 Å². The van der Waals surface area contributed by atoms with Gasteiger partial charge in [-0.2, -0.15) is 4.99 Å². The lowest BCUT2D eigenvalue weighted by molar-refractivity contribution is -0.113. The zero-order valence-corrected chi connectivity index (χ0v) is 7.13. The largest absolute Gasteiger partial charge is 0.484 e. The summed E-state index contributed by atoms with van der Waals surface area (Å²) in [5.74, 6) is 0.203. The number of carbonyl (C=O) groups excluding carboxylic acids is 1. The first-order valence-corrected chi connectivity index (χ1v) is 3.40. The second-order valence-electron chi connectivity index (χ2n) is 2.35. The van der Waals surface area contributed by atoms with E-state index in [1.165, 1.54) is 7.11 Å². The Hall–Kier alpha value is -1.12. The fourth-order valence-electron chi connectivity index (χ4n) is 0.565. The number of ether oxygens (including phenoxy) is 1. The van der Waals surface area contributed by atoms with E-state index in [4.69, 9.17) is 4.74 Å². The molecule has 0 saturated carbocycles. The molecule has 0 N–H and O–H groups in total. The van der Waals surface area contributed by atoms with Gasteiger partial charge in [0.1, 0.15) is 0 Å². The molecule has 0 aliphatic rings. The van der Waals surface area contributed by atoms with E-state index in [1.54, 1.807) is 0 Å². The number of hydrogen-bond acceptors (Lipinski definition) is 2. The van der Waals surface area contributed by atoms with Crippen LogP contribution in [0, 0.1) is 5.92 Å². The Kier molecular flexibility index (Phi) is 4.18. The van der Waals surface area contributed by atoms with Gasteiger partial charge in [-0.05, 0) is 6.08 Å². The third kappa shape index (κ3) is 3.55. The molecular formula is C8H13NO2. The summed E-state index contributed by atoms with van der Waals surface area (Å²) in [6.45, 7) is 7.10. The Balaban J connectivity index is 4.34. The lowest BCUT2D eigenvalue weighted by Gasteiger charge is -2.05. The summed E-state index contributed by atoms with van der Waals surface area (Å²) in [5.41, 5.74) is 0. The van der Waals surface area contributed by atoms with Crippen LogP contribution in [0.25, 0.3) is 0 Å². The SMILES string of the molecule is C=CC(=O)N=C(OC)C(C)C. The summed E-state index contributed by atoms with van der Waals surface area (Å²) in [5, 5.41) is 0. The third-order valence-electron chi connectivity index (χ3n) is 1.10. The Morgan fingerprint density at radius 3 is 2.45 bits per heavy atom. The minimum Gasteiger partial charge on any atom is -0.484 e. The molecule has 3 nitrogen and oxygen atoms in total. The molecule has 0 unspecified atom stereocenters. The number of aliphatic imine (C=N–C) groups is 1. The van der Waals surface area contributed by atoms with Gasteiger partial charge in [0.2, 0.25) is 0 Å². The van der Waals surface area contributed by atoms with Crippen molar-refractivity contribution in [1.29, 1.82) is 0 Å². The van der Waals surface area contributed by atoms with Crippen LogP contribution in [0.2, 0.25) is 0 Å². The number of carbonyl (C=O) groups is 1. The van der Waals surface area contributed by atoms with E-state index in [2.05, 4.69) is 11.6 Å². The molecule has 0 aliphatic heterocycles. The van der Waals surface area contributed by atoms with E-state index in [9.17, 15) is 4.79 Å². The summed E-state index contributed by atoms with van der Waals surface area (Å²) in [4.78, 5) is 14.4. The predicted molar refractivity (Wildman–Crippen MR) is 44.5 cm³/mol. The van der Waals surface area contributed by atoms with Gasteiger partial charge >= 0.3 is 0 Å². The van der Waals surface area contributed by atoms with Gasteiger partial charge in [-0.15, -0.1) is 0 Å². The van der Waals surface area contributed by atoms with E-state index in [0.29, 0.717) is 5.90 Å². The van der Waals surface area contributed by atoms with Crippen molar-refractivity contribution in [3.8, 4) is 0 Å². The van der Waals surface area contributed by atoms with E-state index in [1.807, 2.05) is 13.8 Å². The van der Waals surface area contributed by atoms with Crippen molar-refractivity contribution in [3.63, 3.8) is 0 Å². The molecule has 3 heteroatoms. The molecule has 0 heterocycles. The highest BCUT2D eigenvalue weighted by molar-refractivity contribution is 5.97. The molecule has 11 heavy (non-hydrogen) atoms. The standard InChI is InChI=1S/C8H13NO2/c1-5-7(10)9-8(11-4)6(2)3/h5-6H,1H2,2-4H3. The molecule has 0 aromatic heterocycles. The van der Waals surface area contributed by atoms with Crippen LogP contribution in [0.5, 0.6) is 0 Å². The zero-order valence-electron chi connectivity index (χ0n) is 7.13. The van der Waals surface area contributed by atoms with Crippen LogP contribution in [0.15, 0.2) is 17.6 Å². The molecule has 0 bridgehead atoms. The quantitative estimate of drug-likeness (QED) is 0.343. The van der Waals surface area contributed by atoms with Crippen LogP contribution in [0.3, 0.4) is 0 Å². The maximum Gasteiger partial charge on any atom is 0.272 e. The average Bonchev–Trinajstić information content (AvgIpc) is 1.99. The fourth-order valence-corrected chi connectivity index (χ4v) is 0.565. The first kappa shape index (κ1) is 9.88. The molecular weight excluding hydrogens is 142 g/mol. The highest BCUT2D eigenvalue weighted by Crippen LogP contribution is 1.98. The molecule has 0 aromatic carbocycles. The first-order chi connectivity index (χ1) is 5.11. The van der Waals surface area contributed by atoms with Gasteiger partial charge in [-0.25, -0.2) is 0 Å². The number of hydrogen-bond donors (Lipinski definition) is 0. The lowest BCUT2D eigenvalue weighted by Crippen LogP contribution is -2.11. The Morgan fingerprint density at radius 1 is 1.64 bits per heavy atom. The molecule has 0 aliphatic carbocycles. The van der Waals surface area contributed by atoms with Crippen molar-refractivity contribution in [2.45, 2.75) is 13.8 Å². The smallest absolute Gasteiger partial charge is 0.272 e. The highest BCUT2D eigenvalue weighted by Gasteiger charge is 2.05. The van der Waals surface area contributed by atoms with Gasteiger partial charge < -0.3 is 4.74 Å². The zero-order chi connectivity index (χ0) is 8.85. The molecule has 0 spiro atoms. The Bertz CT molecular complexity index is 183. The van der Waals surface area contributed by atoms with Crippen LogP contribution < -0.4 is 0 Å². The summed E-state index contributed by atoms with van der Waals surface area (Å²) >= 11 is 0. The summed E-state index contributed by atoms with van der Waals surface area (Å²) < 4.78 is 4.87. The van der Waals surface area contributed by atoms with Crippen molar-refractivity contribution in [2.24, 2.45) is 10.9 Å². The number of nitrogens with zero attached hydrogens (tertiary/aromatic N) is 1. The summed E-state index contributed by atoms with van der Waals surface area (Å²) in [7, 11) is 1.50. The van der Waals surface area contributed by atoms with Crippen molar-refractivity contribution < 1.29 is 9.53 Å². The molecule has 0 aromatic rings. The van der Waals surface area contributed by atoms with Crippen molar-refractivity contribution in [3.05, 3.63) is 12.7 Å². The van der Waals surface area contributed by atoms with Gasteiger partial charge in [0.25, 0.3) is 5.91 Å². The molecule has 62 valence electrons. The molecule has 0 radical (unpaired) electrons. The van der Waals surface area contributed by atoms with Gasteiger partial charge in [-0.3, -0.25) is 4.79 Å². The lowest BCUT2D eigenvalue weighted by atomic mass is 10.2. The van der Waals surface area contributed by atoms with Gasteiger partial charge in [0, 0.05) is 5.92 Å². The van der Waals surface area contributed by atoms with Crippen LogP contribution in [-0.4, -0.2) is 18.9 Å². The minimum atomic E-state index is -0.365. The van der Waals surface area contributed by atoms with E-state index >= 15 is 0 Å². The van der Waals surface area contributed by atoms with E-state index < -0.39 is 0 Å². The molecule has 0 rings (SSSR count). The van der Waals surface area contributed by atoms with Crippen LogP contribution in [0.1, 0.15) is 13.8 Å². The van der Waals surface area contributed by atoms with Gasteiger partial charge in [0.15, 0.2) is 5.90 Å². The number of amides is 1. The van der Waals surface area contributed by atoms with Crippen LogP contribution in [-0.2, 0) is 9.53 Å². The second-order valence-corrected chi connectivity index (χ2v) is 2.35. The van der Waals surface area contributed by atoms with Gasteiger partial charge in [0.05, 0.1) is 7.11 Å². The number of rotatable bonds is 2. The van der Waals surface area contributed by atoms with E-state index in [0.717, 1.165) is 6.08 Å². The molecule has 0 fully saturated rings. The fraction of sp³-hybridized carbons (Fsp3) is 0.500. The monoisotopic (exact) mass is 155 g/mol. The molecule has 0 atom stereocenters. The Labute approximate surface area is 66.8 Å². The Morgan fingerprint density at radius 2 is 2.18 bits per heavy atom. The maximum atomic E-state index is 10.7. The highest BCUT2D eigenvalue weighted by atomic mass is 16.5. The average molecular weight is 155 g/mol. The maximum absolute atomic E-state index is 10.7.